The smallest absolute Gasteiger partial charge is 0.410 e. The summed E-state index contributed by atoms with van der Waals surface area (Å²) < 4.78 is 11.5. The van der Waals surface area contributed by atoms with Crippen molar-refractivity contribution in [3.63, 3.8) is 0 Å². The lowest BCUT2D eigenvalue weighted by molar-refractivity contribution is 0.102. The molecule has 0 bridgehead atoms. The summed E-state index contributed by atoms with van der Waals surface area (Å²) in [5.41, 5.74) is 3.33. The van der Waals surface area contributed by atoms with Gasteiger partial charge in [-0.3, -0.25) is 5.10 Å². The first-order chi connectivity index (χ1) is 15.2. The van der Waals surface area contributed by atoms with Crippen molar-refractivity contribution >= 4 is 6.09 Å². The van der Waals surface area contributed by atoms with Crippen LogP contribution in [0.1, 0.15) is 43.4 Å². The Bertz CT molecular complexity index is 966. The quantitative estimate of drug-likeness (QED) is 0.585. The molecule has 1 amide bonds. The molecular formula is C24H28N4O3. The van der Waals surface area contributed by atoms with Crippen LogP contribution in [0.15, 0.2) is 54.6 Å². The van der Waals surface area contributed by atoms with Crippen molar-refractivity contribution in [1.82, 2.24) is 20.3 Å². The number of rotatable bonds is 7. The molecule has 7 nitrogen and oxygen atoms in total. The monoisotopic (exact) mass is 420 g/mol. The zero-order valence-corrected chi connectivity index (χ0v) is 17.8. The molecule has 31 heavy (non-hydrogen) atoms. The molecule has 0 atom stereocenters. The number of carbonyl (C=O) groups is 1. The molecule has 0 unspecified atom stereocenters. The normalized spacial score (nSPS) is 14.2. The molecule has 1 aromatic heterocycles. The van der Waals surface area contributed by atoms with Gasteiger partial charge in [0, 0.05) is 12.6 Å². The molecule has 1 aliphatic rings. The van der Waals surface area contributed by atoms with Gasteiger partial charge in [0.1, 0.15) is 18.1 Å². The van der Waals surface area contributed by atoms with Crippen LogP contribution >= 0.6 is 0 Å². The number of nitrogens with zero attached hydrogens (tertiary/aromatic N) is 3. The average molecular weight is 421 g/mol. The Morgan fingerprint density at radius 2 is 1.81 bits per heavy atom. The maximum Gasteiger partial charge on any atom is 0.410 e. The van der Waals surface area contributed by atoms with Crippen LogP contribution in [0.2, 0.25) is 0 Å². The molecule has 162 valence electrons. The van der Waals surface area contributed by atoms with Gasteiger partial charge in [0.25, 0.3) is 0 Å². The van der Waals surface area contributed by atoms with E-state index in [0.717, 1.165) is 35.4 Å². The largest absolute Gasteiger partial charge is 0.490 e. The highest BCUT2D eigenvalue weighted by Crippen LogP contribution is 2.27. The van der Waals surface area contributed by atoms with Crippen molar-refractivity contribution in [2.24, 2.45) is 0 Å². The average Bonchev–Trinajstić information content (AvgIpc) is 3.27. The van der Waals surface area contributed by atoms with Gasteiger partial charge in [0.2, 0.25) is 0 Å². The molecule has 2 aromatic carbocycles. The lowest BCUT2D eigenvalue weighted by atomic mass is 9.98. The highest BCUT2D eigenvalue weighted by molar-refractivity contribution is 5.68. The van der Waals surface area contributed by atoms with Crippen LogP contribution in [0, 0.1) is 0 Å². The van der Waals surface area contributed by atoms with Crippen molar-refractivity contribution in [1.29, 1.82) is 0 Å². The van der Waals surface area contributed by atoms with Crippen molar-refractivity contribution in [3.05, 3.63) is 65.9 Å². The van der Waals surface area contributed by atoms with Gasteiger partial charge in [-0.1, -0.05) is 42.0 Å². The van der Waals surface area contributed by atoms with Gasteiger partial charge in [-0.25, -0.2) is 4.79 Å². The van der Waals surface area contributed by atoms with Gasteiger partial charge < -0.3 is 14.4 Å². The fourth-order valence-corrected chi connectivity index (χ4v) is 3.79. The second kappa shape index (κ2) is 10.1. The van der Waals surface area contributed by atoms with Crippen LogP contribution in [0.4, 0.5) is 4.79 Å². The Balaban J connectivity index is 1.35. The van der Waals surface area contributed by atoms with Crippen LogP contribution in [0.3, 0.4) is 0 Å². The van der Waals surface area contributed by atoms with Crippen LogP contribution in [-0.2, 0) is 17.9 Å². The third-order valence-electron chi connectivity index (χ3n) is 5.52. The minimum absolute atomic E-state index is 0.237. The summed E-state index contributed by atoms with van der Waals surface area (Å²) in [7, 11) is 1.69. The van der Waals surface area contributed by atoms with E-state index in [1.165, 1.54) is 24.2 Å². The summed E-state index contributed by atoms with van der Waals surface area (Å²) in [4.78, 5) is 13.9. The number of carbonyl (C=O) groups excluding carboxylic acids is 1. The fourth-order valence-electron chi connectivity index (χ4n) is 3.79. The Morgan fingerprint density at radius 1 is 1.06 bits per heavy atom. The number of H-pyrrole nitrogens is 1. The van der Waals surface area contributed by atoms with Crippen molar-refractivity contribution in [3.8, 4) is 17.0 Å². The number of aromatic amines is 1. The number of nitrogens with one attached hydrogen (secondary N) is 1. The van der Waals surface area contributed by atoms with E-state index in [9.17, 15) is 4.79 Å². The van der Waals surface area contributed by atoms with E-state index in [0.29, 0.717) is 18.3 Å². The standard InChI is InChI=1S/C24H28N4O3/c1-28(24(29)30-17-18-8-4-2-5-9-18)16-22-23(26-27-25-22)19-12-14-21(15-13-19)31-20-10-6-3-7-11-20/h2,4-5,8-9,12-15,20H,3,6-7,10-11,16-17H2,1H3,(H,25,26,27). The summed E-state index contributed by atoms with van der Waals surface area (Å²) in [5, 5.41) is 11.1. The van der Waals surface area contributed by atoms with E-state index in [1.54, 1.807) is 7.05 Å². The maximum atomic E-state index is 12.4. The van der Waals surface area contributed by atoms with Gasteiger partial charge in [-0.15, -0.1) is 5.10 Å². The molecule has 3 aromatic rings. The second-order valence-corrected chi connectivity index (χ2v) is 7.94. The molecule has 7 heteroatoms. The third kappa shape index (κ3) is 5.63. The Morgan fingerprint density at radius 3 is 2.55 bits per heavy atom. The molecule has 0 aliphatic heterocycles. The number of ether oxygens (including phenoxy) is 2. The minimum Gasteiger partial charge on any atom is -0.490 e. The Kier molecular flexibility index (Phi) is 6.82. The highest BCUT2D eigenvalue weighted by Gasteiger charge is 2.18. The van der Waals surface area contributed by atoms with Crippen LogP contribution in [0.25, 0.3) is 11.3 Å². The van der Waals surface area contributed by atoms with Crippen LogP contribution < -0.4 is 4.74 Å². The Labute approximate surface area is 182 Å². The van der Waals surface area contributed by atoms with Gasteiger partial charge in [0.15, 0.2) is 0 Å². The molecular weight excluding hydrogens is 392 g/mol. The topological polar surface area (TPSA) is 80.3 Å². The van der Waals surface area contributed by atoms with E-state index >= 15 is 0 Å². The van der Waals surface area contributed by atoms with E-state index in [2.05, 4.69) is 15.4 Å². The number of hydrogen-bond acceptors (Lipinski definition) is 5. The molecule has 1 aliphatic carbocycles. The predicted molar refractivity (Wildman–Crippen MR) is 117 cm³/mol. The summed E-state index contributed by atoms with van der Waals surface area (Å²) in [6, 6.07) is 17.5. The van der Waals surface area contributed by atoms with E-state index < -0.39 is 6.09 Å². The minimum atomic E-state index is -0.402. The van der Waals surface area contributed by atoms with Gasteiger partial charge in [0.05, 0.1) is 18.3 Å². The van der Waals surface area contributed by atoms with Crippen LogP contribution in [-0.4, -0.2) is 39.6 Å². The SMILES string of the molecule is CN(Cc1[nH]nnc1-c1ccc(OC2CCCCC2)cc1)C(=O)OCc1ccccc1. The molecule has 0 radical (unpaired) electrons. The molecule has 1 fully saturated rings. The Hall–Kier alpha value is -3.35. The maximum absolute atomic E-state index is 12.4. The zero-order chi connectivity index (χ0) is 21.5. The fraction of sp³-hybridized carbons (Fsp3) is 0.375. The van der Waals surface area contributed by atoms with Crippen molar-refractivity contribution in [2.45, 2.75) is 51.4 Å². The van der Waals surface area contributed by atoms with Gasteiger partial charge >= 0.3 is 6.09 Å². The summed E-state index contributed by atoms with van der Waals surface area (Å²) in [6.07, 6.45) is 5.96. The van der Waals surface area contributed by atoms with Crippen LogP contribution in [0.5, 0.6) is 5.75 Å². The third-order valence-corrected chi connectivity index (χ3v) is 5.52. The molecule has 1 saturated carbocycles. The number of hydrogen-bond donors (Lipinski definition) is 1. The zero-order valence-electron chi connectivity index (χ0n) is 17.8. The van der Waals surface area contributed by atoms with Crippen molar-refractivity contribution < 1.29 is 14.3 Å². The molecule has 1 N–H and O–H groups in total. The molecule has 1 heterocycles. The number of benzene rings is 2. The highest BCUT2D eigenvalue weighted by atomic mass is 16.6. The van der Waals surface area contributed by atoms with E-state index in [-0.39, 0.29) is 6.61 Å². The predicted octanol–water partition coefficient (Wildman–Crippen LogP) is 4.95. The lowest BCUT2D eigenvalue weighted by Gasteiger charge is -2.23. The van der Waals surface area contributed by atoms with Gasteiger partial charge in [-0.05, 0) is 55.5 Å². The van der Waals surface area contributed by atoms with Gasteiger partial charge in [-0.2, -0.15) is 0 Å². The molecule has 4 rings (SSSR count). The van der Waals surface area contributed by atoms with Crippen molar-refractivity contribution in [2.75, 3.05) is 7.05 Å². The first kappa shape index (κ1) is 20.9. The number of aromatic nitrogens is 3. The summed E-state index contributed by atoms with van der Waals surface area (Å²) in [6.45, 7) is 0.552. The first-order valence-corrected chi connectivity index (χ1v) is 10.8. The summed E-state index contributed by atoms with van der Waals surface area (Å²) >= 11 is 0. The first-order valence-electron chi connectivity index (χ1n) is 10.8. The molecule has 0 spiro atoms. The van der Waals surface area contributed by atoms with E-state index in [1.807, 2.05) is 54.6 Å². The van der Waals surface area contributed by atoms with E-state index in [4.69, 9.17) is 9.47 Å². The summed E-state index contributed by atoms with van der Waals surface area (Å²) in [5.74, 6) is 0.877. The second-order valence-electron chi connectivity index (χ2n) is 7.94. The number of amides is 1. The molecule has 0 saturated heterocycles. The lowest BCUT2D eigenvalue weighted by Crippen LogP contribution is -2.27.